The summed E-state index contributed by atoms with van der Waals surface area (Å²) in [5.41, 5.74) is 0.467. The van der Waals surface area contributed by atoms with E-state index >= 15 is 0 Å². The number of nitrogens with one attached hydrogen (secondary N) is 1. The fraction of sp³-hybridized carbons (Fsp3) is 0.417. The van der Waals surface area contributed by atoms with Gasteiger partial charge in [-0.2, -0.15) is 0 Å². The molecule has 0 saturated carbocycles. The van der Waals surface area contributed by atoms with Crippen molar-refractivity contribution >= 4 is 21.6 Å². The van der Waals surface area contributed by atoms with Gasteiger partial charge in [-0.05, 0) is 18.6 Å². The van der Waals surface area contributed by atoms with Crippen molar-refractivity contribution in [2.45, 2.75) is 25.2 Å². The smallest absolute Gasteiger partial charge is 0.241 e. The van der Waals surface area contributed by atoms with E-state index in [-0.39, 0.29) is 22.5 Å². The molecule has 0 bridgehead atoms. The average molecular weight is 286 g/mol. The van der Waals surface area contributed by atoms with Crippen LogP contribution in [0.2, 0.25) is 0 Å². The van der Waals surface area contributed by atoms with E-state index < -0.39 is 10.0 Å². The zero-order chi connectivity index (χ0) is 14.6. The highest BCUT2D eigenvalue weighted by Crippen LogP contribution is 2.26. The Kier molecular flexibility index (Phi) is 4.90. The van der Waals surface area contributed by atoms with Gasteiger partial charge in [0.05, 0.1) is 7.11 Å². The molecule has 19 heavy (non-hydrogen) atoms. The van der Waals surface area contributed by atoms with Crippen LogP contribution in [0.5, 0.6) is 5.75 Å². The summed E-state index contributed by atoms with van der Waals surface area (Å²) in [6, 6.07) is 4.21. The van der Waals surface area contributed by atoms with Crippen molar-refractivity contribution in [2.75, 3.05) is 12.4 Å². The first-order chi connectivity index (χ1) is 8.79. The summed E-state index contributed by atoms with van der Waals surface area (Å²) in [4.78, 5) is 11.6. The average Bonchev–Trinajstić information content (AvgIpc) is 2.36. The Hall–Kier alpha value is -1.60. The number of sulfonamides is 1. The van der Waals surface area contributed by atoms with Gasteiger partial charge in [-0.1, -0.05) is 13.8 Å². The number of hydrogen-bond donors (Lipinski definition) is 2. The molecule has 0 fully saturated rings. The molecule has 3 N–H and O–H groups in total. The van der Waals surface area contributed by atoms with E-state index in [1.807, 2.05) is 13.8 Å². The molecule has 1 amide bonds. The van der Waals surface area contributed by atoms with Crippen LogP contribution in [-0.2, 0) is 14.8 Å². The zero-order valence-electron chi connectivity index (χ0n) is 11.1. The summed E-state index contributed by atoms with van der Waals surface area (Å²) in [6.45, 7) is 3.72. The summed E-state index contributed by atoms with van der Waals surface area (Å²) in [7, 11) is -2.51. The lowest BCUT2D eigenvalue weighted by Gasteiger charge is -2.12. The fourth-order valence-electron chi connectivity index (χ4n) is 1.43. The number of hydrogen-bond acceptors (Lipinski definition) is 4. The van der Waals surface area contributed by atoms with E-state index in [9.17, 15) is 13.2 Å². The van der Waals surface area contributed by atoms with E-state index in [2.05, 4.69) is 5.32 Å². The summed E-state index contributed by atoms with van der Waals surface area (Å²) < 4.78 is 27.6. The minimum absolute atomic E-state index is 0.101. The number of carbonyl (C=O) groups is 1. The Labute approximate surface area is 113 Å². The van der Waals surface area contributed by atoms with Crippen molar-refractivity contribution in [2.24, 2.45) is 11.1 Å². The SMILES string of the molecule is CCC(C)C(=O)Nc1ccc(S(N)(=O)=O)c(OC)c1. The fourth-order valence-corrected chi connectivity index (χ4v) is 2.11. The van der Waals surface area contributed by atoms with Gasteiger partial charge in [0, 0.05) is 17.7 Å². The topological polar surface area (TPSA) is 98.5 Å². The number of carbonyl (C=O) groups excluding carboxylic acids is 1. The Morgan fingerprint density at radius 1 is 1.47 bits per heavy atom. The molecule has 0 aliphatic heterocycles. The van der Waals surface area contributed by atoms with Crippen LogP contribution in [-0.4, -0.2) is 21.4 Å². The number of ether oxygens (including phenoxy) is 1. The van der Waals surface area contributed by atoms with Crippen molar-refractivity contribution in [1.29, 1.82) is 0 Å². The predicted molar refractivity (Wildman–Crippen MR) is 72.5 cm³/mol. The Morgan fingerprint density at radius 3 is 2.58 bits per heavy atom. The van der Waals surface area contributed by atoms with E-state index in [1.54, 1.807) is 0 Å². The van der Waals surface area contributed by atoms with Crippen LogP contribution in [0.4, 0.5) is 5.69 Å². The maximum absolute atomic E-state index is 11.7. The van der Waals surface area contributed by atoms with Gasteiger partial charge < -0.3 is 10.1 Å². The van der Waals surface area contributed by atoms with E-state index in [1.165, 1.54) is 25.3 Å². The lowest BCUT2D eigenvalue weighted by atomic mass is 10.1. The predicted octanol–water partition coefficient (Wildman–Crippen LogP) is 1.33. The maximum Gasteiger partial charge on any atom is 0.241 e. The van der Waals surface area contributed by atoms with Gasteiger partial charge in [0.15, 0.2) is 0 Å². The molecule has 1 aromatic carbocycles. The first-order valence-electron chi connectivity index (χ1n) is 5.81. The molecule has 6 nitrogen and oxygen atoms in total. The molecule has 0 spiro atoms. The minimum atomic E-state index is -3.85. The van der Waals surface area contributed by atoms with Gasteiger partial charge in [0.25, 0.3) is 0 Å². The third-order valence-corrected chi connectivity index (χ3v) is 3.75. The molecule has 0 radical (unpaired) electrons. The molecular weight excluding hydrogens is 268 g/mol. The molecule has 0 saturated heterocycles. The molecule has 0 aliphatic rings. The minimum Gasteiger partial charge on any atom is -0.495 e. The third kappa shape index (κ3) is 3.93. The molecule has 1 atom stereocenters. The van der Waals surface area contributed by atoms with Crippen molar-refractivity contribution in [3.05, 3.63) is 18.2 Å². The monoisotopic (exact) mass is 286 g/mol. The van der Waals surface area contributed by atoms with Gasteiger partial charge in [0.2, 0.25) is 15.9 Å². The van der Waals surface area contributed by atoms with Gasteiger partial charge in [-0.15, -0.1) is 0 Å². The number of anilines is 1. The molecule has 7 heteroatoms. The second kappa shape index (κ2) is 6.03. The van der Waals surface area contributed by atoms with Crippen LogP contribution in [0.15, 0.2) is 23.1 Å². The second-order valence-corrected chi connectivity index (χ2v) is 5.74. The standard InChI is InChI=1S/C12H18N2O4S/c1-4-8(2)12(15)14-9-5-6-11(19(13,16)17)10(7-9)18-3/h5-8H,4H2,1-3H3,(H,14,15)(H2,13,16,17). The zero-order valence-corrected chi connectivity index (χ0v) is 12.0. The van der Waals surface area contributed by atoms with E-state index in [0.29, 0.717) is 5.69 Å². The summed E-state index contributed by atoms with van der Waals surface area (Å²) >= 11 is 0. The number of nitrogens with two attached hydrogens (primary N) is 1. The highest BCUT2D eigenvalue weighted by Gasteiger charge is 2.16. The van der Waals surface area contributed by atoms with Gasteiger partial charge in [-0.25, -0.2) is 13.6 Å². The van der Waals surface area contributed by atoms with Crippen LogP contribution in [0.25, 0.3) is 0 Å². The number of amides is 1. The Morgan fingerprint density at radius 2 is 2.11 bits per heavy atom. The van der Waals surface area contributed by atoms with Crippen LogP contribution in [0, 0.1) is 5.92 Å². The molecule has 0 heterocycles. The highest BCUT2D eigenvalue weighted by atomic mass is 32.2. The lowest BCUT2D eigenvalue weighted by Crippen LogP contribution is -2.20. The van der Waals surface area contributed by atoms with E-state index in [4.69, 9.17) is 9.88 Å². The number of primary sulfonamides is 1. The van der Waals surface area contributed by atoms with Crippen LogP contribution < -0.4 is 15.2 Å². The van der Waals surface area contributed by atoms with Crippen molar-refractivity contribution in [3.8, 4) is 5.75 Å². The number of methoxy groups -OCH3 is 1. The van der Waals surface area contributed by atoms with Crippen LogP contribution >= 0.6 is 0 Å². The summed E-state index contributed by atoms with van der Waals surface area (Å²) in [5, 5.41) is 7.75. The Balaban J connectivity index is 3.05. The first kappa shape index (κ1) is 15.5. The van der Waals surface area contributed by atoms with Crippen molar-refractivity contribution in [3.63, 3.8) is 0 Å². The van der Waals surface area contributed by atoms with Gasteiger partial charge in [-0.3, -0.25) is 4.79 Å². The van der Waals surface area contributed by atoms with Crippen LogP contribution in [0.3, 0.4) is 0 Å². The molecule has 1 rings (SSSR count). The quantitative estimate of drug-likeness (QED) is 0.853. The highest BCUT2D eigenvalue weighted by molar-refractivity contribution is 7.89. The van der Waals surface area contributed by atoms with Crippen LogP contribution in [0.1, 0.15) is 20.3 Å². The van der Waals surface area contributed by atoms with Crippen molar-refractivity contribution < 1.29 is 17.9 Å². The van der Waals surface area contributed by atoms with Gasteiger partial charge >= 0.3 is 0 Å². The maximum atomic E-state index is 11.7. The second-order valence-electron chi connectivity index (χ2n) is 4.21. The first-order valence-corrected chi connectivity index (χ1v) is 7.36. The number of benzene rings is 1. The third-order valence-electron chi connectivity index (χ3n) is 2.80. The molecular formula is C12H18N2O4S. The molecule has 106 valence electrons. The molecule has 1 aromatic rings. The Bertz CT molecular complexity index is 569. The van der Waals surface area contributed by atoms with Crippen molar-refractivity contribution in [1.82, 2.24) is 0 Å². The number of rotatable bonds is 5. The summed E-state index contributed by atoms with van der Waals surface area (Å²) in [6.07, 6.45) is 0.720. The molecule has 0 aliphatic carbocycles. The van der Waals surface area contributed by atoms with E-state index in [0.717, 1.165) is 6.42 Å². The normalized spacial score (nSPS) is 12.8. The van der Waals surface area contributed by atoms with Gasteiger partial charge in [0.1, 0.15) is 10.6 Å². The lowest BCUT2D eigenvalue weighted by molar-refractivity contribution is -0.119. The summed E-state index contributed by atoms with van der Waals surface area (Å²) in [5.74, 6) is -0.152. The molecule has 0 aromatic heterocycles. The largest absolute Gasteiger partial charge is 0.495 e. The molecule has 1 unspecified atom stereocenters.